The van der Waals surface area contributed by atoms with Crippen molar-refractivity contribution in [1.29, 1.82) is 0 Å². The van der Waals surface area contributed by atoms with Crippen molar-refractivity contribution in [1.82, 2.24) is 0 Å². The van der Waals surface area contributed by atoms with E-state index in [1.54, 1.807) is 18.2 Å². The summed E-state index contributed by atoms with van der Waals surface area (Å²) in [5, 5.41) is 2.13. The highest BCUT2D eigenvalue weighted by molar-refractivity contribution is 8.00. The Morgan fingerprint density at radius 1 is 0.741 bits per heavy atom. The molecule has 0 unspecified atom stereocenters. The standard InChI is InChI=1S/C23H16O2S2/c1-26-23-19(14-20(27-23)22(25)16-8-3-2-4-9-16)21(24)18-12-11-15-7-5-6-10-17(15)13-18/h2-14H,1H3. The number of rotatable bonds is 5. The number of thiophene rings is 1. The Kier molecular flexibility index (Phi) is 4.92. The molecule has 4 rings (SSSR count). The molecule has 132 valence electrons. The lowest BCUT2D eigenvalue weighted by atomic mass is 10.0. The highest BCUT2D eigenvalue weighted by Gasteiger charge is 2.21. The Morgan fingerprint density at radius 3 is 2.19 bits per heavy atom. The van der Waals surface area contributed by atoms with Gasteiger partial charge in [-0.05, 0) is 29.2 Å². The minimum atomic E-state index is -0.0477. The third-order valence-electron chi connectivity index (χ3n) is 4.40. The van der Waals surface area contributed by atoms with Crippen LogP contribution in [0, 0.1) is 0 Å². The second kappa shape index (κ2) is 7.51. The molecule has 3 aromatic carbocycles. The first-order valence-corrected chi connectivity index (χ1v) is 10.5. The zero-order valence-corrected chi connectivity index (χ0v) is 16.3. The van der Waals surface area contributed by atoms with Crippen LogP contribution in [-0.2, 0) is 0 Å². The molecule has 0 saturated carbocycles. The number of hydrogen-bond acceptors (Lipinski definition) is 4. The van der Waals surface area contributed by atoms with Gasteiger partial charge in [-0.1, -0.05) is 66.7 Å². The molecular formula is C23H16O2S2. The lowest BCUT2D eigenvalue weighted by Gasteiger charge is -2.03. The first kappa shape index (κ1) is 17.7. The third-order valence-corrected chi connectivity index (χ3v) is 6.67. The Morgan fingerprint density at radius 2 is 1.44 bits per heavy atom. The van der Waals surface area contributed by atoms with Crippen molar-refractivity contribution in [2.75, 3.05) is 6.26 Å². The van der Waals surface area contributed by atoms with Gasteiger partial charge in [-0.15, -0.1) is 23.1 Å². The summed E-state index contributed by atoms with van der Waals surface area (Å²) in [5.41, 5.74) is 1.87. The van der Waals surface area contributed by atoms with Crippen molar-refractivity contribution in [3.63, 3.8) is 0 Å². The molecule has 0 aliphatic heterocycles. The van der Waals surface area contributed by atoms with Gasteiger partial charge in [-0.3, -0.25) is 9.59 Å². The molecular weight excluding hydrogens is 372 g/mol. The monoisotopic (exact) mass is 388 g/mol. The van der Waals surface area contributed by atoms with Crippen LogP contribution < -0.4 is 0 Å². The molecule has 1 aromatic heterocycles. The van der Waals surface area contributed by atoms with E-state index in [1.165, 1.54) is 23.1 Å². The summed E-state index contributed by atoms with van der Waals surface area (Å²) in [6, 6.07) is 24.6. The molecule has 4 heteroatoms. The molecule has 0 fully saturated rings. The van der Waals surface area contributed by atoms with E-state index < -0.39 is 0 Å². The quantitative estimate of drug-likeness (QED) is 0.307. The van der Waals surface area contributed by atoms with Crippen LogP contribution >= 0.6 is 23.1 Å². The maximum absolute atomic E-state index is 13.1. The minimum absolute atomic E-state index is 0.0477. The smallest absolute Gasteiger partial charge is 0.203 e. The number of hydrogen-bond donors (Lipinski definition) is 0. The van der Waals surface area contributed by atoms with Crippen LogP contribution in [0.3, 0.4) is 0 Å². The summed E-state index contributed by atoms with van der Waals surface area (Å²) in [6.07, 6.45) is 1.93. The Balaban J connectivity index is 1.73. The SMILES string of the molecule is CSc1sc(C(=O)c2ccccc2)cc1C(=O)c1ccc2ccccc2c1. The van der Waals surface area contributed by atoms with Crippen LogP contribution in [0.15, 0.2) is 83.1 Å². The molecule has 0 atom stereocenters. The number of carbonyl (C=O) groups is 2. The van der Waals surface area contributed by atoms with Gasteiger partial charge in [0.1, 0.15) is 0 Å². The Bertz CT molecular complexity index is 1140. The zero-order valence-electron chi connectivity index (χ0n) is 14.6. The van der Waals surface area contributed by atoms with E-state index in [4.69, 9.17) is 0 Å². The van der Waals surface area contributed by atoms with Crippen molar-refractivity contribution in [3.05, 3.63) is 100 Å². The van der Waals surface area contributed by atoms with Gasteiger partial charge in [-0.25, -0.2) is 0 Å². The van der Waals surface area contributed by atoms with Crippen LogP contribution in [0.25, 0.3) is 10.8 Å². The lowest BCUT2D eigenvalue weighted by molar-refractivity contribution is 0.103. The Labute approximate surface area is 165 Å². The molecule has 0 aliphatic carbocycles. The molecule has 0 amide bonds. The third kappa shape index (κ3) is 3.46. The van der Waals surface area contributed by atoms with Crippen molar-refractivity contribution >= 4 is 45.4 Å². The lowest BCUT2D eigenvalue weighted by Crippen LogP contribution is -2.02. The topological polar surface area (TPSA) is 34.1 Å². The number of thioether (sulfide) groups is 1. The first-order chi connectivity index (χ1) is 13.2. The molecule has 0 aliphatic rings. The van der Waals surface area contributed by atoms with Gasteiger partial charge in [0.2, 0.25) is 5.78 Å². The van der Waals surface area contributed by atoms with Gasteiger partial charge >= 0.3 is 0 Å². The fourth-order valence-electron chi connectivity index (χ4n) is 3.01. The number of fused-ring (bicyclic) bond motifs is 1. The van der Waals surface area contributed by atoms with Crippen molar-refractivity contribution in [2.24, 2.45) is 0 Å². The molecule has 1 heterocycles. The summed E-state index contributed by atoms with van der Waals surface area (Å²) in [4.78, 5) is 26.5. The van der Waals surface area contributed by atoms with Gasteiger partial charge in [0.05, 0.1) is 9.09 Å². The van der Waals surface area contributed by atoms with Gasteiger partial charge in [0, 0.05) is 16.7 Å². The van der Waals surface area contributed by atoms with E-state index >= 15 is 0 Å². The summed E-state index contributed by atoms with van der Waals surface area (Å²) >= 11 is 2.88. The summed E-state index contributed by atoms with van der Waals surface area (Å²) in [7, 11) is 0. The number of ketones is 2. The highest BCUT2D eigenvalue weighted by Crippen LogP contribution is 2.34. The number of carbonyl (C=O) groups excluding carboxylic acids is 2. The van der Waals surface area contributed by atoms with E-state index in [0.717, 1.165) is 15.0 Å². The van der Waals surface area contributed by atoms with Gasteiger partial charge < -0.3 is 0 Å². The second-order valence-corrected chi connectivity index (χ2v) is 8.23. The second-order valence-electron chi connectivity index (χ2n) is 6.10. The van der Waals surface area contributed by atoms with Crippen LogP contribution in [0.1, 0.15) is 31.2 Å². The highest BCUT2D eigenvalue weighted by atomic mass is 32.2. The molecule has 27 heavy (non-hydrogen) atoms. The minimum Gasteiger partial charge on any atom is -0.289 e. The van der Waals surface area contributed by atoms with E-state index in [-0.39, 0.29) is 11.6 Å². The van der Waals surface area contributed by atoms with E-state index in [1.807, 2.05) is 66.9 Å². The van der Waals surface area contributed by atoms with E-state index in [2.05, 4.69) is 0 Å². The molecule has 0 spiro atoms. The van der Waals surface area contributed by atoms with E-state index in [0.29, 0.717) is 21.6 Å². The van der Waals surface area contributed by atoms with Gasteiger partial charge in [0.25, 0.3) is 0 Å². The van der Waals surface area contributed by atoms with Crippen LogP contribution in [0.4, 0.5) is 0 Å². The molecule has 0 saturated heterocycles. The molecule has 4 aromatic rings. The number of benzene rings is 3. The average molecular weight is 389 g/mol. The molecule has 0 N–H and O–H groups in total. The van der Waals surface area contributed by atoms with Crippen LogP contribution in [-0.4, -0.2) is 17.8 Å². The van der Waals surface area contributed by atoms with Crippen molar-refractivity contribution < 1.29 is 9.59 Å². The fourth-order valence-corrected chi connectivity index (χ4v) is 4.84. The molecule has 2 nitrogen and oxygen atoms in total. The molecule has 0 radical (unpaired) electrons. The Hall–Kier alpha value is -2.69. The fraction of sp³-hybridized carbons (Fsp3) is 0.0435. The van der Waals surface area contributed by atoms with Crippen LogP contribution in [0.5, 0.6) is 0 Å². The largest absolute Gasteiger partial charge is 0.289 e. The average Bonchev–Trinajstić information content (AvgIpc) is 3.17. The van der Waals surface area contributed by atoms with E-state index in [9.17, 15) is 9.59 Å². The maximum atomic E-state index is 13.1. The molecule has 0 bridgehead atoms. The van der Waals surface area contributed by atoms with Gasteiger partial charge in [-0.2, -0.15) is 0 Å². The summed E-state index contributed by atoms with van der Waals surface area (Å²) in [5.74, 6) is -0.0954. The van der Waals surface area contributed by atoms with Gasteiger partial charge in [0.15, 0.2) is 5.78 Å². The zero-order chi connectivity index (χ0) is 18.8. The normalized spacial score (nSPS) is 10.9. The van der Waals surface area contributed by atoms with Crippen molar-refractivity contribution in [3.8, 4) is 0 Å². The first-order valence-electron chi connectivity index (χ1n) is 8.48. The van der Waals surface area contributed by atoms with Crippen LogP contribution in [0.2, 0.25) is 0 Å². The summed E-state index contributed by atoms with van der Waals surface area (Å²) < 4.78 is 0.868. The van der Waals surface area contributed by atoms with Crippen molar-refractivity contribution in [2.45, 2.75) is 4.21 Å². The maximum Gasteiger partial charge on any atom is 0.203 e. The predicted octanol–water partition coefficient (Wildman–Crippen LogP) is 6.09. The predicted molar refractivity (Wildman–Crippen MR) is 113 cm³/mol. The summed E-state index contributed by atoms with van der Waals surface area (Å²) in [6.45, 7) is 0.